The van der Waals surface area contributed by atoms with E-state index < -0.39 is 0 Å². The standard InChI is InChI=1S/C21H27N3O3/c1-3-23-13-18(12-22-23)21(25)24-14-16-4-5-19(26-2)10-17(16)11-20(24)15-6-8-27-9-7-15/h4-5,10,12-13,15,20H,3,6-9,11,14H2,1-2H3/t20-/m1/s1. The van der Waals surface area contributed by atoms with Crippen LogP contribution in [-0.4, -0.2) is 47.0 Å². The zero-order valence-corrected chi connectivity index (χ0v) is 16.1. The number of aromatic nitrogens is 2. The largest absolute Gasteiger partial charge is 0.497 e. The molecule has 1 saturated heterocycles. The fraction of sp³-hybridized carbons (Fsp3) is 0.524. The number of hydrogen-bond acceptors (Lipinski definition) is 4. The normalized spacial score (nSPS) is 20.4. The summed E-state index contributed by atoms with van der Waals surface area (Å²) in [6.07, 6.45) is 6.41. The molecule has 2 aliphatic rings. The third kappa shape index (κ3) is 3.58. The molecule has 2 aliphatic heterocycles. The Morgan fingerprint density at radius 1 is 1.30 bits per heavy atom. The number of carbonyl (C=O) groups excluding carboxylic acids is 1. The van der Waals surface area contributed by atoms with E-state index in [0.717, 1.165) is 44.8 Å². The molecular weight excluding hydrogens is 342 g/mol. The van der Waals surface area contributed by atoms with Crippen LogP contribution in [0.5, 0.6) is 5.75 Å². The molecule has 0 unspecified atom stereocenters. The number of hydrogen-bond donors (Lipinski definition) is 0. The Kier molecular flexibility index (Phi) is 5.16. The SMILES string of the molecule is CCn1cc(C(=O)N2Cc3ccc(OC)cc3C[C@@H]2C2CCOCC2)cn1. The minimum atomic E-state index is 0.0765. The molecule has 3 heterocycles. The predicted molar refractivity (Wildman–Crippen MR) is 102 cm³/mol. The van der Waals surface area contributed by atoms with Gasteiger partial charge in [-0.1, -0.05) is 6.07 Å². The van der Waals surface area contributed by atoms with Crippen molar-refractivity contribution in [1.29, 1.82) is 0 Å². The van der Waals surface area contributed by atoms with Gasteiger partial charge in [0.25, 0.3) is 5.91 Å². The third-order valence-corrected chi connectivity index (χ3v) is 5.86. The summed E-state index contributed by atoms with van der Waals surface area (Å²) in [6, 6.07) is 6.37. The summed E-state index contributed by atoms with van der Waals surface area (Å²) >= 11 is 0. The van der Waals surface area contributed by atoms with Gasteiger partial charge in [-0.15, -0.1) is 0 Å². The summed E-state index contributed by atoms with van der Waals surface area (Å²) in [5.41, 5.74) is 3.17. The molecule has 0 radical (unpaired) electrons. The van der Waals surface area contributed by atoms with E-state index in [1.165, 1.54) is 11.1 Å². The van der Waals surface area contributed by atoms with E-state index in [2.05, 4.69) is 22.1 Å². The zero-order chi connectivity index (χ0) is 18.8. The van der Waals surface area contributed by atoms with Gasteiger partial charge in [-0.05, 0) is 55.4 Å². The second-order valence-corrected chi connectivity index (χ2v) is 7.37. The second kappa shape index (κ2) is 7.72. The number of benzene rings is 1. The van der Waals surface area contributed by atoms with Crippen molar-refractivity contribution in [3.05, 3.63) is 47.3 Å². The number of aryl methyl sites for hydroxylation is 1. The Morgan fingerprint density at radius 3 is 2.81 bits per heavy atom. The van der Waals surface area contributed by atoms with Gasteiger partial charge in [0.1, 0.15) is 5.75 Å². The molecule has 0 bridgehead atoms. The third-order valence-electron chi connectivity index (χ3n) is 5.86. The molecule has 1 aromatic carbocycles. The van der Waals surface area contributed by atoms with Crippen LogP contribution in [0.3, 0.4) is 0 Å². The van der Waals surface area contributed by atoms with Gasteiger partial charge in [-0.2, -0.15) is 5.10 Å². The van der Waals surface area contributed by atoms with E-state index in [0.29, 0.717) is 18.0 Å². The van der Waals surface area contributed by atoms with Gasteiger partial charge in [0.2, 0.25) is 0 Å². The molecule has 2 aromatic rings. The molecule has 0 spiro atoms. The first-order valence-electron chi connectivity index (χ1n) is 9.76. The maximum absolute atomic E-state index is 13.3. The first kappa shape index (κ1) is 18.0. The minimum Gasteiger partial charge on any atom is -0.497 e. The molecule has 1 aromatic heterocycles. The van der Waals surface area contributed by atoms with Gasteiger partial charge in [-0.3, -0.25) is 9.48 Å². The lowest BCUT2D eigenvalue weighted by molar-refractivity contribution is 0.0180. The summed E-state index contributed by atoms with van der Waals surface area (Å²) in [5, 5.41) is 4.29. The van der Waals surface area contributed by atoms with Gasteiger partial charge in [0, 0.05) is 38.5 Å². The van der Waals surface area contributed by atoms with Crippen LogP contribution in [0.1, 0.15) is 41.3 Å². The molecule has 27 heavy (non-hydrogen) atoms. The maximum Gasteiger partial charge on any atom is 0.257 e. The number of methoxy groups -OCH3 is 1. The number of amides is 1. The van der Waals surface area contributed by atoms with Crippen molar-refractivity contribution >= 4 is 5.91 Å². The summed E-state index contributed by atoms with van der Waals surface area (Å²) < 4.78 is 12.8. The lowest BCUT2D eigenvalue weighted by Crippen LogP contribution is -2.49. The number of fused-ring (bicyclic) bond motifs is 1. The Labute approximate surface area is 160 Å². The van der Waals surface area contributed by atoms with Gasteiger partial charge >= 0.3 is 0 Å². The highest BCUT2D eigenvalue weighted by molar-refractivity contribution is 5.94. The molecule has 1 atom stereocenters. The molecule has 1 amide bonds. The summed E-state index contributed by atoms with van der Waals surface area (Å²) in [6.45, 7) is 4.98. The van der Waals surface area contributed by atoms with Crippen molar-refractivity contribution in [3.63, 3.8) is 0 Å². The lowest BCUT2D eigenvalue weighted by atomic mass is 9.82. The smallest absolute Gasteiger partial charge is 0.257 e. The van der Waals surface area contributed by atoms with E-state index in [4.69, 9.17) is 9.47 Å². The highest BCUT2D eigenvalue weighted by Gasteiger charge is 2.36. The summed E-state index contributed by atoms with van der Waals surface area (Å²) in [5.74, 6) is 1.42. The van der Waals surface area contributed by atoms with E-state index >= 15 is 0 Å². The Hall–Kier alpha value is -2.34. The van der Waals surface area contributed by atoms with Crippen LogP contribution in [0.25, 0.3) is 0 Å². The molecule has 4 rings (SSSR count). The Morgan fingerprint density at radius 2 is 2.11 bits per heavy atom. The van der Waals surface area contributed by atoms with Crippen LogP contribution in [0.2, 0.25) is 0 Å². The first-order valence-corrected chi connectivity index (χ1v) is 9.76. The molecule has 0 aliphatic carbocycles. The Bertz CT molecular complexity index is 811. The number of ether oxygens (including phenoxy) is 2. The number of carbonyl (C=O) groups is 1. The Balaban J connectivity index is 1.66. The minimum absolute atomic E-state index is 0.0765. The molecule has 6 heteroatoms. The summed E-state index contributed by atoms with van der Waals surface area (Å²) in [7, 11) is 1.70. The highest BCUT2D eigenvalue weighted by Crippen LogP contribution is 2.34. The van der Waals surface area contributed by atoms with Crippen LogP contribution in [-0.2, 0) is 24.2 Å². The van der Waals surface area contributed by atoms with Crippen molar-refractivity contribution in [1.82, 2.24) is 14.7 Å². The van der Waals surface area contributed by atoms with Crippen molar-refractivity contribution < 1.29 is 14.3 Å². The molecule has 144 valence electrons. The van der Waals surface area contributed by atoms with Crippen molar-refractivity contribution in [2.75, 3.05) is 20.3 Å². The van der Waals surface area contributed by atoms with Gasteiger partial charge < -0.3 is 14.4 Å². The van der Waals surface area contributed by atoms with E-state index in [1.807, 2.05) is 19.2 Å². The second-order valence-electron chi connectivity index (χ2n) is 7.37. The molecule has 0 N–H and O–H groups in total. The quantitative estimate of drug-likeness (QED) is 0.832. The number of nitrogens with zero attached hydrogens (tertiary/aromatic N) is 3. The topological polar surface area (TPSA) is 56.6 Å². The van der Waals surface area contributed by atoms with Crippen LogP contribution >= 0.6 is 0 Å². The van der Waals surface area contributed by atoms with Gasteiger partial charge in [0.15, 0.2) is 0 Å². The molecule has 1 fully saturated rings. The van der Waals surface area contributed by atoms with Crippen molar-refractivity contribution in [2.24, 2.45) is 5.92 Å². The van der Waals surface area contributed by atoms with Crippen molar-refractivity contribution in [3.8, 4) is 5.75 Å². The van der Waals surface area contributed by atoms with Crippen molar-refractivity contribution in [2.45, 2.75) is 45.3 Å². The van der Waals surface area contributed by atoms with Gasteiger partial charge in [0.05, 0.1) is 18.9 Å². The fourth-order valence-electron chi connectivity index (χ4n) is 4.27. The van der Waals surface area contributed by atoms with Crippen LogP contribution in [0.15, 0.2) is 30.6 Å². The lowest BCUT2D eigenvalue weighted by Gasteiger charge is -2.42. The van der Waals surface area contributed by atoms with Crippen LogP contribution < -0.4 is 4.74 Å². The molecular formula is C21H27N3O3. The van der Waals surface area contributed by atoms with Crippen LogP contribution in [0, 0.1) is 5.92 Å². The molecule has 6 nitrogen and oxygen atoms in total. The molecule has 0 saturated carbocycles. The fourth-order valence-corrected chi connectivity index (χ4v) is 4.27. The first-order chi connectivity index (χ1) is 13.2. The maximum atomic E-state index is 13.3. The van der Waals surface area contributed by atoms with E-state index in [1.54, 1.807) is 18.0 Å². The predicted octanol–water partition coefficient (Wildman–Crippen LogP) is 2.91. The van der Waals surface area contributed by atoms with Crippen LogP contribution in [0.4, 0.5) is 0 Å². The van der Waals surface area contributed by atoms with Gasteiger partial charge in [-0.25, -0.2) is 0 Å². The summed E-state index contributed by atoms with van der Waals surface area (Å²) in [4.78, 5) is 15.4. The zero-order valence-electron chi connectivity index (χ0n) is 16.1. The average Bonchev–Trinajstić information content (AvgIpc) is 3.22. The highest BCUT2D eigenvalue weighted by atomic mass is 16.5. The number of rotatable bonds is 4. The van der Waals surface area contributed by atoms with E-state index in [9.17, 15) is 4.79 Å². The van der Waals surface area contributed by atoms with E-state index in [-0.39, 0.29) is 11.9 Å². The monoisotopic (exact) mass is 369 g/mol. The average molecular weight is 369 g/mol.